The van der Waals surface area contributed by atoms with Gasteiger partial charge in [-0.1, -0.05) is 0 Å². The maximum absolute atomic E-state index is 9.06. The molecule has 0 spiro atoms. The van der Waals surface area contributed by atoms with Crippen LogP contribution in [0.2, 0.25) is 0 Å². The van der Waals surface area contributed by atoms with E-state index in [2.05, 4.69) is 10.3 Å². The van der Waals surface area contributed by atoms with E-state index >= 15 is 0 Å². The first kappa shape index (κ1) is 10.8. The lowest BCUT2D eigenvalue weighted by Crippen LogP contribution is -2.12. The van der Waals surface area contributed by atoms with Crippen LogP contribution in [0.25, 0.3) is 0 Å². The van der Waals surface area contributed by atoms with Gasteiger partial charge >= 0.3 is 0 Å². The molecule has 0 aliphatic carbocycles. The minimum absolute atomic E-state index is 0.298. The van der Waals surface area contributed by atoms with Gasteiger partial charge in [-0.2, -0.15) is 0 Å². The van der Waals surface area contributed by atoms with Crippen LogP contribution in [0.1, 0.15) is 18.9 Å². The topological polar surface area (TPSA) is 71.2 Å². The number of nitrogens with two attached hydrogens (primary N) is 1. The summed E-state index contributed by atoms with van der Waals surface area (Å²) < 4.78 is 0. The van der Waals surface area contributed by atoms with Crippen molar-refractivity contribution in [2.45, 2.75) is 26.4 Å². The summed E-state index contributed by atoms with van der Waals surface area (Å²) in [5.41, 5.74) is 7.50. The second-order valence-electron chi connectivity index (χ2n) is 3.45. The molecule has 1 aromatic rings. The number of hydrogen-bond acceptors (Lipinski definition) is 4. The zero-order chi connectivity index (χ0) is 10.6. The average Bonchev–Trinajstić information content (AvgIpc) is 2.12. The molecule has 1 unspecified atom stereocenters. The van der Waals surface area contributed by atoms with Crippen LogP contribution in [0.4, 0.5) is 11.5 Å². The summed E-state index contributed by atoms with van der Waals surface area (Å²) in [6, 6.07) is 1.87. The standard InChI is InChI=1S/C10H17N3O/c1-7-3-5-12-10(9(7)11)13-6-4-8(2)14/h3,5,8,14H,4,6,11H2,1-2H3,(H,12,13). The number of aliphatic hydroxyl groups excluding tert-OH is 1. The van der Waals surface area contributed by atoms with Gasteiger partial charge in [0.1, 0.15) is 5.82 Å². The number of hydrogen-bond donors (Lipinski definition) is 3. The predicted octanol–water partition coefficient (Wildman–Crippen LogP) is 1.16. The summed E-state index contributed by atoms with van der Waals surface area (Å²) >= 11 is 0. The predicted molar refractivity (Wildman–Crippen MR) is 58.2 cm³/mol. The van der Waals surface area contributed by atoms with Gasteiger partial charge in [0, 0.05) is 12.7 Å². The number of aliphatic hydroxyl groups is 1. The highest BCUT2D eigenvalue weighted by atomic mass is 16.3. The normalized spacial score (nSPS) is 12.5. The molecule has 1 atom stereocenters. The van der Waals surface area contributed by atoms with Gasteiger partial charge in [-0.25, -0.2) is 4.98 Å². The molecule has 4 heteroatoms. The minimum Gasteiger partial charge on any atom is -0.396 e. The smallest absolute Gasteiger partial charge is 0.149 e. The second kappa shape index (κ2) is 4.81. The lowest BCUT2D eigenvalue weighted by molar-refractivity contribution is 0.188. The molecule has 1 rings (SSSR count). The van der Waals surface area contributed by atoms with Crippen molar-refractivity contribution in [2.24, 2.45) is 0 Å². The van der Waals surface area contributed by atoms with E-state index in [1.54, 1.807) is 13.1 Å². The van der Waals surface area contributed by atoms with Crippen molar-refractivity contribution < 1.29 is 5.11 Å². The summed E-state index contributed by atoms with van der Waals surface area (Å²) in [7, 11) is 0. The molecule has 0 bridgehead atoms. The summed E-state index contributed by atoms with van der Waals surface area (Å²) in [5, 5.41) is 12.2. The number of anilines is 2. The highest BCUT2D eigenvalue weighted by molar-refractivity contribution is 5.64. The van der Waals surface area contributed by atoms with Crippen LogP contribution in [-0.2, 0) is 0 Å². The van der Waals surface area contributed by atoms with Gasteiger partial charge < -0.3 is 16.2 Å². The fourth-order valence-corrected chi connectivity index (χ4v) is 1.11. The summed E-state index contributed by atoms with van der Waals surface area (Å²) in [4.78, 5) is 4.12. The molecule has 78 valence electrons. The Hall–Kier alpha value is -1.29. The van der Waals surface area contributed by atoms with Crippen LogP contribution in [-0.4, -0.2) is 22.7 Å². The van der Waals surface area contributed by atoms with Crippen LogP contribution < -0.4 is 11.1 Å². The number of nitrogens with one attached hydrogen (secondary N) is 1. The summed E-state index contributed by atoms with van der Waals surface area (Å²) in [6.45, 7) is 4.38. The lowest BCUT2D eigenvalue weighted by atomic mass is 10.2. The van der Waals surface area contributed by atoms with Crippen molar-refractivity contribution in [1.82, 2.24) is 4.98 Å². The third-order valence-corrected chi connectivity index (χ3v) is 2.06. The number of aryl methyl sites for hydroxylation is 1. The third kappa shape index (κ3) is 2.88. The van der Waals surface area contributed by atoms with Gasteiger partial charge in [0.15, 0.2) is 0 Å². The highest BCUT2D eigenvalue weighted by Gasteiger charge is 2.02. The quantitative estimate of drug-likeness (QED) is 0.674. The zero-order valence-electron chi connectivity index (χ0n) is 8.62. The molecule has 0 saturated carbocycles. The molecule has 0 aliphatic rings. The average molecular weight is 195 g/mol. The van der Waals surface area contributed by atoms with Gasteiger partial charge in [0.2, 0.25) is 0 Å². The molecule has 0 fully saturated rings. The summed E-state index contributed by atoms with van der Waals surface area (Å²) in [6.07, 6.45) is 2.11. The Morgan fingerprint density at radius 2 is 2.36 bits per heavy atom. The first-order valence-electron chi connectivity index (χ1n) is 4.74. The van der Waals surface area contributed by atoms with E-state index in [4.69, 9.17) is 10.8 Å². The fourth-order valence-electron chi connectivity index (χ4n) is 1.11. The van der Waals surface area contributed by atoms with Crippen molar-refractivity contribution in [3.63, 3.8) is 0 Å². The Kier molecular flexibility index (Phi) is 3.71. The maximum atomic E-state index is 9.06. The van der Waals surface area contributed by atoms with E-state index in [9.17, 15) is 0 Å². The molecule has 0 radical (unpaired) electrons. The molecule has 1 heterocycles. The van der Waals surface area contributed by atoms with Gasteiger partial charge in [0.25, 0.3) is 0 Å². The Balaban J connectivity index is 2.54. The van der Waals surface area contributed by atoms with Crippen molar-refractivity contribution >= 4 is 11.5 Å². The van der Waals surface area contributed by atoms with Gasteiger partial charge in [0.05, 0.1) is 11.8 Å². The number of pyridine rings is 1. The van der Waals surface area contributed by atoms with Crippen LogP contribution in [0.5, 0.6) is 0 Å². The van der Waals surface area contributed by atoms with Gasteiger partial charge in [-0.3, -0.25) is 0 Å². The van der Waals surface area contributed by atoms with Crippen LogP contribution in [0.15, 0.2) is 12.3 Å². The van der Waals surface area contributed by atoms with Crippen molar-refractivity contribution in [1.29, 1.82) is 0 Å². The van der Waals surface area contributed by atoms with E-state index < -0.39 is 0 Å². The van der Waals surface area contributed by atoms with Gasteiger partial charge in [-0.05, 0) is 31.9 Å². The molecule has 4 N–H and O–H groups in total. The highest BCUT2D eigenvalue weighted by Crippen LogP contribution is 2.18. The van der Waals surface area contributed by atoms with Crippen LogP contribution >= 0.6 is 0 Å². The lowest BCUT2D eigenvalue weighted by Gasteiger charge is -2.10. The Labute approximate surface area is 84.2 Å². The molecule has 0 aromatic carbocycles. The second-order valence-corrected chi connectivity index (χ2v) is 3.45. The molecule has 4 nitrogen and oxygen atoms in total. The first-order valence-corrected chi connectivity index (χ1v) is 4.74. The third-order valence-electron chi connectivity index (χ3n) is 2.06. The molecule has 14 heavy (non-hydrogen) atoms. The van der Waals surface area contributed by atoms with Crippen molar-refractivity contribution in [3.8, 4) is 0 Å². The molecular weight excluding hydrogens is 178 g/mol. The Morgan fingerprint density at radius 1 is 1.64 bits per heavy atom. The number of rotatable bonds is 4. The van der Waals surface area contributed by atoms with E-state index in [-0.39, 0.29) is 6.10 Å². The molecular formula is C10H17N3O. The number of nitrogen functional groups attached to an aromatic ring is 1. The van der Waals surface area contributed by atoms with E-state index in [0.717, 1.165) is 5.56 Å². The van der Waals surface area contributed by atoms with Gasteiger partial charge in [-0.15, -0.1) is 0 Å². The first-order chi connectivity index (χ1) is 6.61. The van der Waals surface area contributed by atoms with E-state index in [1.807, 2.05) is 13.0 Å². The van der Waals surface area contributed by atoms with Crippen molar-refractivity contribution in [3.05, 3.63) is 17.8 Å². The van der Waals surface area contributed by atoms with E-state index in [0.29, 0.717) is 24.5 Å². The minimum atomic E-state index is -0.298. The zero-order valence-corrected chi connectivity index (χ0v) is 8.62. The molecule has 0 aliphatic heterocycles. The van der Waals surface area contributed by atoms with Crippen LogP contribution in [0, 0.1) is 6.92 Å². The largest absolute Gasteiger partial charge is 0.396 e. The monoisotopic (exact) mass is 195 g/mol. The van der Waals surface area contributed by atoms with Crippen LogP contribution in [0.3, 0.4) is 0 Å². The molecule has 0 saturated heterocycles. The SMILES string of the molecule is Cc1ccnc(NCCC(C)O)c1N. The summed E-state index contributed by atoms with van der Waals surface area (Å²) in [5.74, 6) is 0.700. The number of nitrogens with zero attached hydrogens (tertiary/aromatic N) is 1. The maximum Gasteiger partial charge on any atom is 0.149 e. The molecule has 0 amide bonds. The molecule has 1 aromatic heterocycles. The fraction of sp³-hybridized carbons (Fsp3) is 0.500. The number of aromatic nitrogens is 1. The Morgan fingerprint density at radius 3 is 3.00 bits per heavy atom. The Bertz CT molecular complexity index is 299. The van der Waals surface area contributed by atoms with E-state index in [1.165, 1.54) is 0 Å². The van der Waals surface area contributed by atoms with Crippen molar-refractivity contribution in [2.75, 3.05) is 17.6 Å².